The number of hydrogen-bond acceptors (Lipinski definition) is 3. The quantitative estimate of drug-likeness (QED) is 0.846. The third-order valence-corrected chi connectivity index (χ3v) is 3.34. The molecule has 0 saturated heterocycles. The molecule has 0 amide bonds. The minimum atomic E-state index is 0.154. The van der Waals surface area contributed by atoms with Gasteiger partial charge in [0.1, 0.15) is 5.82 Å². The molecule has 19 heavy (non-hydrogen) atoms. The van der Waals surface area contributed by atoms with Gasteiger partial charge < -0.3 is 5.73 Å². The molecule has 2 aromatic rings. The Hall–Kier alpha value is -1.90. The van der Waals surface area contributed by atoms with Crippen LogP contribution in [0.15, 0.2) is 24.3 Å². The highest BCUT2D eigenvalue weighted by Gasteiger charge is 2.17. The van der Waals surface area contributed by atoms with Crippen molar-refractivity contribution in [3.05, 3.63) is 41.0 Å². The minimum absolute atomic E-state index is 0.154. The van der Waals surface area contributed by atoms with E-state index in [2.05, 4.69) is 56.9 Å². The molecule has 1 aromatic carbocycles. The summed E-state index contributed by atoms with van der Waals surface area (Å²) in [7, 11) is 0. The maximum Gasteiger partial charge on any atom is 0.146 e. The zero-order valence-electron chi connectivity index (χ0n) is 12.3. The Morgan fingerprint density at radius 2 is 1.53 bits per heavy atom. The molecule has 2 rings (SSSR count). The van der Waals surface area contributed by atoms with Crippen LogP contribution in [0, 0.1) is 13.8 Å². The Morgan fingerprint density at radius 3 is 1.95 bits per heavy atom. The Morgan fingerprint density at radius 1 is 0.947 bits per heavy atom. The van der Waals surface area contributed by atoms with Crippen LogP contribution in [0.1, 0.15) is 37.5 Å². The number of aryl methyl sites for hydroxylation is 2. The monoisotopic (exact) mass is 255 g/mol. The number of nitrogens with two attached hydrogens (primary N) is 1. The molecule has 0 spiro atoms. The second-order valence-corrected chi connectivity index (χ2v) is 6.08. The molecule has 1 heterocycles. The molecule has 0 aliphatic heterocycles. The first kappa shape index (κ1) is 13.5. The first-order valence-electron chi connectivity index (χ1n) is 6.50. The lowest BCUT2D eigenvalue weighted by atomic mass is 9.83. The van der Waals surface area contributed by atoms with Gasteiger partial charge >= 0.3 is 0 Å². The van der Waals surface area contributed by atoms with Crippen LogP contribution >= 0.6 is 0 Å². The second-order valence-electron chi connectivity index (χ2n) is 6.08. The number of hydrogen-bond donors (Lipinski definition) is 1. The largest absolute Gasteiger partial charge is 0.382 e. The third-order valence-electron chi connectivity index (χ3n) is 3.34. The number of anilines is 1. The van der Waals surface area contributed by atoms with Gasteiger partial charge in [-0.3, -0.25) is 0 Å². The maximum atomic E-state index is 5.59. The fraction of sp³-hybridized carbons (Fsp3) is 0.375. The molecule has 0 unspecified atom stereocenters. The summed E-state index contributed by atoms with van der Waals surface area (Å²) in [6.07, 6.45) is 0. The molecule has 0 fully saturated rings. The van der Waals surface area contributed by atoms with Crippen LogP contribution in [0.4, 0.5) is 5.82 Å². The molecule has 0 saturated carbocycles. The van der Waals surface area contributed by atoms with Crippen LogP contribution in [0.2, 0.25) is 0 Å². The van der Waals surface area contributed by atoms with Crippen molar-refractivity contribution in [3.63, 3.8) is 0 Å². The van der Waals surface area contributed by atoms with E-state index in [4.69, 9.17) is 5.73 Å². The van der Waals surface area contributed by atoms with E-state index in [1.165, 1.54) is 16.7 Å². The Kier molecular flexibility index (Phi) is 3.31. The fourth-order valence-corrected chi connectivity index (χ4v) is 2.28. The van der Waals surface area contributed by atoms with Gasteiger partial charge in [-0.1, -0.05) is 32.9 Å². The first-order chi connectivity index (χ1) is 8.79. The van der Waals surface area contributed by atoms with Gasteiger partial charge in [-0.25, -0.2) is 0 Å². The summed E-state index contributed by atoms with van der Waals surface area (Å²) in [5.74, 6) is 0.449. The molecule has 2 N–H and O–H groups in total. The van der Waals surface area contributed by atoms with Gasteiger partial charge in [-0.2, -0.15) is 0 Å². The predicted molar refractivity (Wildman–Crippen MR) is 80.1 cm³/mol. The average Bonchev–Trinajstić information content (AvgIpc) is 2.29. The topological polar surface area (TPSA) is 51.8 Å². The third kappa shape index (κ3) is 2.75. The van der Waals surface area contributed by atoms with Gasteiger partial charge in [0.25, 0.3) is 0 Å². The van der Waals surface area contributed by atoms with Gasteiger partial charge in [0.2, 0.25) is 0 Å². The summed E-state index contributed by atoms with van der Waals surface area (Å²) >= 11 is 0. The summed E-state index contributed by atoms with van der Waals surface area (Å²) in [6.45, 7) is 10.9. The lowest BCUT2D eigenvalue weighted by Crippen LogP contribution is -2.12. The fourth-order valence-electron chi connectivity index (χ4n) is 2.28. The van der Waals surface area contributed by atoms with Gasteiger partial charge in [0.15, 0.2) is 0 Å². The summed E-state index contributed by atoms with van der Waals surface area (Å²) < 4.78 is 0. The SMILES string of the molecule is Cc1cc(C(C)(C)C)cc(C)c1-c1ccc(N)nn1. The second kappa shape index (κ2) is 4.65. The van der Waals surface area contributed by atoms with E-state index in [0.717, 1.165) is 11.3 Å². The average molecular weight is 255 g/mol. The zero-order valence-corrected chi connectivity index (χ0v) is 12.3. The first-order valence-corrected chi connectivity index (χ1v) is 6.50. The molecule has 0 atom stereocenters. The lowest BCUT2D eigenvalue weighted by molar-refractivity contribution is 0.589. The summed E-state index contributed by atoms with van der Waals surface area (Å²) in [6, 6.07) is 8.19. The summed E-state index contributed by atoms with van der Waals surface area (Å²) in [5, 5.41) is 8.12. The van der Waals surface area contributed by atoms with Crippen molar-refractivity contribution < 1.29 is 0 Å². The molecule has 0 radical (unpaired) electrons. The molecular weight excluding hydrogens is 234 g/mol. The molecule has 3 heteroatoms. The highest BCUT2D eigenvalue weighted by atomic mass is 15.1. The van der Waals surface area contributed by atoms with Crippen LogP contribution in [-0.2, 0) is 5.41 Å². The smallest absolute Gasteiger partial charge is 0.146 e. The van der Waals surface area contributed by atoms with Crippen LogP contribution in [0.25, 0.3) is 11.3 Å². The zero-order chi connectivity index (χ0) is 14.2. The molecule has 3 nitrogen and oxygen atoms in total. The molecule has 0 bridgehead atoms. The molecule has 100 valence electrons. The Labute approximate surface area is 114 Å². The van der Waals surface area contributed by atoms with Crippen LogP contribution in [0.3, 0.4) is 0 Å². The maximum absolute atomic E-state index is 5.59. The van der Waals surface area contributed by atoms with Crippen molar-refractivity contribution in [2.45, 2.75) is 40.0 Å². The summed E-state index contributed by atoms with van der Waals surface area (Å²) in [4.78, 5) is 0. The minimum Gasteiger partial charge on any atom is -0.382 e. The summed E-state index contributed by atoms with van der Waals surface area (Å²) in [5.41, 5.74) is 11.6. The van der Waals surface area contributed by atoms with Crippen molar-refractivity contribution in [1.29, 1.82) is 0 Å². The van der Waals surface area contributed by atoms with Crippen molar-refractivity contribution in [2.24, 2.45) is 0 Å². The van der Waals surface area contributed by atoms with Gasteiger partial charge in [0.05, 0.1) is 5.69 Å². The Bertz CT molecular complexity index is 569. The molecule has 1 aromatic heterocycles. The number of benzene rings is 1. The van der Waals surface area contributed by atoms with Crippen molar-refractivity contribution in [1.82, 2.24) is 10.2 Å². The van der Waals surface area contributed by atoms with Gasteiger partial charge in [0, 0.05) is 5.56 Å². The predicted octanol–water partition coefficient (Wildman–Crippen LogP) is 3.64. The van der Waals surface area contributed by atoms with E-state index in [9.17, 15) is 0 Å². The number of rotatable bonds is 1. The van der Waals surface area contributed by atoms with Gasteiger partial charge in [-0.05, 0) is 48.1 Å². The lowest BCUT2D eigenvalue weighted by Gasteiger charge is -2.22. The van der Waals surface area contributed by atoms with Gasteiger partial charge in [-0.15, -0.1) is 10.2 Å². The van der Waals surface area contributed by atoms with Crippen LogP contribution < -0.4 is 5.73 Å². The molecule has 0 aliphatic rings. The Balaban J connectivity index is 2.57. The van der Waals surface area contributed by atoms with E-state index in [1.54, 1.807) is 6.07 Å². The highest BCUT2D eigenvalue weighted by molar-refractivity contribution is 5.68. The number of nitrogens with zero attached hydrogens (tertiary/aromatic N) is 2. The molecule has 0 aliphatic carbocycles. The van der Waals surface area contributed by atoms with E-state index in [1.807, 2.05) is 6.07 Å². The van der Waals surface area contributed by atoms with E-state index in [0.29, 0.717) is 5.82 Å². The number of nitrogen functional groups attached to an aromatic ring is 1. The number of aromatic nitrogens is 2. The van der Waals surface area contributed by atoms with Crippen molar-refractivity contribution in [2.75, 3.05) is 5.73 Å². The van der Waals surface area contributed by atoms with Crippen molar-refractivity contribution >= 4 is 5.82 Å². The molecular formula is C16H21N3. The van der Waals surface area contributed by atoms with E-state index < -0.39 is 0 Å². The highest BCUT2D eigenvalue weighted by Crippen LogP contribution is 2.31. The van der Waals surface area contributed by atoms with Crippen molar-refractivity contribution in [3.8, 4) is 11.3 Å². The standard InChI is InChI=1S/C16H21N3/c1-10-8-12(16(3,4)5)9-11(2)15(10)13-6-7-14(17)19-18-13/h6-9H,1-5H3,(H2,17,19). The normalized spacial score (nSPS) is 11.6. The van der Waals surface area contributed by atoms with Crippen LogP contribution in [-0.4, -0.2) is 10.2 Å². The van der Waals surface area contributed by atoms with Crippen LogP contribution in [0.5, 0.6) is 0 Å². The van der Waals surface area contributed by atoms with E-state index in [-0.39, 0.29) is 5.41 Å². The van der Waals surface area contributed by atoms with E-state index >= 15 is 0 Å².